The number of thiophene rings is 2. The van der Waals surface area contributed by atoms with Gasteiger partial charge in [0.1, 0.15) is 51.7 Å². The van der Waals surface area contributed by atoms with Crippen LogP contribution in [0.5, 0.6) is 11.5 Å². The molecule has 0 unspecified atom stereocenters. The molecule has 6 heterocycles. The van der Waals surface area contributed by atoms with Crippen molar-refractivity contribution in [1.29, 1.82) is 0 Å². The Balaban J connectivity index is 0.000000170. The Labute approximate surface area is 447 Å². The molecule has 15 nitrogen and oxygen atoms in total. The first-order chi connectivity index (χ1) is 36.9. The lowest BCUT2D eigenvalue weighted by molar-refractivity contribution is -0.127. The van der Waals surface area contributed by atoms with Crippen molar-refractivity contribution in [3.63, 3.8) is 0 Å². The molecule has 0 bridgehead atoms. The fourth-order valence-corrected chi connectivity index (χ4v) is 11.3. The third-order valence-electron chi connectivity index (χ3n) is 12.8. The lowest BCUT2D eigenvalue weighted by Crippen LogP contribution is -2.43. The number of alkyl halides is 6. The molecule has 406 valence electrons. The zero-order chi connectivity index (χ0) is 54.7. The summed E-state index contributed by atoms with van der Waals surface area (Å²) in [5.41, 5.74) is 11.7. The summed E-state index contributed by atoms with van der Waals surface area (Å²) in [4.78, 5) is 36.9. The number of rotatable bonds is 14. The Bertz CT molecular complexity index is 3190. The van der Waals surface area contributed by atoms with Gasteiger partial charge in [0.15, 0.2) is 0 Å². The Morgan fingerprint density at radius 2 is 1.08 bits per heavy atom. The first kappa shape index (κ1) is 56.3. The van der Waals surface area contributed by atoms with Gasteiger partial charge in [0, 0.05) is 69.6 Å². The summed E-state index contributed by atoms with van der Waals surface area (Å²) in [5.74, 6) is 2.42. The fraction of sp³-hybridized carbons (Fsp3) is 0.352. The number of hydrogen-bond acceptors (Lipinski definition) is 17. The number of carbonyl (C=O) groups is 1. The molecule has 10 rings (SSSR count). The predicted molar refractivity (Wildman–Crippen MR) is 285 cm³/mol. The van der Waals surface area contributed by atoms with Crippen LogP contribution in [0.2, 0.25) is 0 Å². The zero-order valence-corrected chi connectivity index (χ0v) is 43.4. The molecule has 6 aromatic heterocycles. The van der Waals surface area contributed by atoms with Gasteiger partial charge in [-0.3, -0.25) is 14.8 Å². The molecule has 0 radical (unpaired) electrons. The summed E-state index contributed by atoms with van der Waals surface area (Å²) in [6.07, 6.45) is 2.63. The Morgan fingerprint density at radius 3 is 1.55 bits per heavy atom. The van der Waals surface area contributed by atoms with E-state index in [0.717, 1.165) is 68.9 Å². The maximum atomic E-state index is 12.9. The van der Waals surface area contributed by atoms with Crippen LogP contribution in [-0.4, -0.2) is 109 Å². The van der Waals surface area contributed by atoms with Gasteiger partial charge in [-0.15, -0.1) is 22.7 Å². The number of aldehydes is 1. The molecular weight excluding hydrogens is 1050 g/mol. The second kappa shape index (κ2) is 25.5. The van der Waals surface area contributed by atoms with E-state index in [4.69, 9.17) is 15.2 Å². The van der Waals surface area contributed by atoms with Crippen molar-refractivity contribution in [3.8, 4) is 33.8 Å². The van der Waals surface area contributed by atoms with E-state index in [1.807, 2.05) is 36.4 Å². The number of halogens is 6. The van der Waals surface area contributed by atoms with E-state index in [0.29, 0.717) is 82.0 Å². The lowest BCUT2D eigenvalue weighted by atomic mass is 9.88. The van der Waals surface area contributed by atoms with Crippen molar-refractivity contribution >= 4 is 61.0 Å². The Hall–Kier alpha value is -6.89. The van der Waals surface area contributed by atoms with Crippen molar-refractivity contribution in [2.24, 2.45) is 5.73 Å². The summed E-state index contributed by atoms with van der Waals surface area (Å²) in [6, 6.07) is 22.2. The van der Waals surface area contributed by atoms with Gasteiger partial charge in [-0.05, 0) is 79.5 Å². The SMILES string of the molecule is COc1cncc(-c2ccc(C=O)cc2)c1.COc1cncc(-c2ccc(CN[C@H]3C[C@@H](O)C[C@@H](Nc4ncnc5sc(CC(F)(F)F)cc45)C3)cc2)c1.N[C@H]1C[C@@H](O)C[C@@H](Nc2ncnc3sc(CC(F)(F)F)cc23)C1. The topological polar surface area (TPSA) is 215 Å². The molecule has 6 atom stereocenters. The van der Waals surface area contributed by atoms with Crippen molar-refractivity contribution in [2.45, 2.75) is 107 Å². The molecule has 0 saturated heterocycles. The zero-order valence-electron chi connectivity index (χ0n) is 41.8. The molecule has 8 aromatic rings. The molecular formula is C54H56F6N10O5S2. The monoisotopic (exact) mass is 1100 g/mol. The predicted octanol–water partition coefficient (Wildman–Crippen LogP) is 10.4. The lowest BCUT2D eigenvalue weighted by Gasteiger charge is -2.34. The van der Waals surface area contributed by atoms with Crippen molar-refractivity contribution in [3.05, 3.63) is 131 Å². The molecule has 0 aliphatic heterocycles. The smallest absolute Gasteiger partial charge is 0.393 e. The summed E-state index contributed by atoms with van der Waals surface area (Å²) in [7, 11) is 3.22. The molecule has 2 aliphatic rings. The molecule has 77 heavy (non-hydrogen) atoms. The second-order valence-electron chi connectivity index (χ2n) is 18.8. The maximum absolute atomic E-state index is 12.9. The van der Waals surface area contributed by atoms with Gasteiger partial charge in [-0.1, -0.05) is 48.5 Å². The van der Waals surface area contributed by atoms with Crippen molar-refractivity contribution in [1.82, 2.24) is 35.2 Å². The Morgan fingerprint density at radius 1 is 0.610 bits per heavy atom. The van der Waals surface area contributed by atoms with Gasteiger partial charge in [0.05, 0.1) is 62.4 Å². The van der Waals surface area contributed by atoms with E-state index in [1.54, 1.807) is 51.1 Å². The number of pyridine rings is 2. The Kier molecular flexibility index (Phi) is 18.7. The molecule has 2 aromatic carbocycles. The summed E-state index contributed by atoms with van der Waals surface area (Å²) < 4.78 is 86.6. The number of aliphatic hydroxyl groups is 2. The minimum atomic E-state index is -4.28. The van der Waals surface area contributed by atoms with Gasteiger partial charge in [-0.2, -0.15) is 26.3 Å². The van der Waals surface area contributed by atoms with Crippen molar-refractivity contribution in [2.75, 3.05) is 24.9 Å². The molecule has 23 heteroatoms. The minimum absolute atomic E-state index is 0.0576. The average molecular weight is 1100 g/mol. The number of nitrogens with zero attached hydrogens (tertiary/aromatic N) is 6. The van der Waals surface area contributed by atoms with Crippen LogP contribution in [0.3, 0.4) is 0 Å². The largest absolute Gasteiger partial charge is 0.495 e. The first-order valence-corrected chi connectivity index (χ1v) is 26.1. The number of aromatic nitrogens is 6. The van der Waals surface area contributed by atoms with Crippen LogP contribution in [-0.2, 0) is 19.4 Å². The highest BCUT2D eigenvalue weighted by Crippen LogP contribution is 2.36. The van der Waals surface area contributed by atoms with Gasteiger partial charge in [-0.25, -0.2) is 19.9 Å². The average Bonchev–Trinajstić information content (AvgIpc) is 4.02. The van der Waals surface area contributed by atoms with Crippen LogP contribution in [0, 0.1) is 0 Å². The number of nitrogens with one attached hydrogen (secondary N) is 3. The van der Waals surface area contributed by atoms with E-state index in [1.165, 1.54) is 24.8 Å². The van der Waals surface area contributed by atoms with Crippen LogP contribution in [0.1, 0.15) is 64.2 Å². The van der Waals surface area contributed by atoms with E-state index in [-0.39, 0.29) is 33.9 Å². The summed E-state index contributed by atoms with van der Waals surface area (Å²) >= 11 is 2.04. The van der Waals surface area contributed by atoms with Gasteiger partial charge in [0.2, 0.25) is 0 Å². The van der Waals surface area contributed by atoms with Crippen LogP contribution in [0.4, 0.5) is 38.0 Å². The summed E-state index contributed by atoms with van der Waals surface area (Å²) in [6.45, 7) is 0.643. The van der Waals surface area contributed by atoms with Gasteiger partial charge in [0.25, 0.3) is 0 Å². The van der Waals surface area contributed by atoms with Crippen LogP contribution in [0.25, 0.3) is 42.7 Å². The number of methoxy groups -OCH3 is 2. The highest BCUT2D eigenvalue weighted by Gasteiger charge is 2.32. The number of anilines is 2. The molecule has 2 saturated carbocycles. The fourth-order valence-electron chi connectivity index (χ4n) is 9.23. The minimum Gasteiger partial charge on any atom is -0.495 e. The quantitative estimate of drug-likeness (QED) is 0.0441. The second-order valence-corrected chi connectivity index (χ2v) is 21.0. The highest BCUT2D eigenvalue weighted by molar-refractivity contribution is 7.19. The van der Waals surface area contributed by atoms with E-state index in [2.05, 4.69) is 58.0 Å². The number of fused-ring (bicyclic) bond motifs is 2. The van der Waals surface area contributed by atoms with Crippen LogP contribution >= 0.6 is 22.7 Å². The number of benzene rings is 2. The third-order valence-corrected chi connectivity index (χ3v) is 14.8. The molecule has 0 amide bonds. The van der Waals surface area contributed by atoms with E-state index < -0.39 is 37.4 Å². The molecule has 2 aliphatic carbocycles. The van der Waals surface area contributed by atoms with Crippen molar-refractivity contribution < 1.29 is 50.8 Å². The standard InChI is InChI=1S/C27H28F3N5O2S.C14H17F3N4OS.C13H11NO2/c1-37-22-6-18(13-31-14-22)17-4-2-16(3-5-17)12-32-19-7-20(9-21(36)8-19)35-25-24-10-23(11-27(28,29)30)38-26(24)34-15-33-25;15-14(16,17)5-10-4-11-12(19-6-20-13(11)23-10)21-8-1-7(18)2-9(22)3-8;1-16-13-6-12(7-14-8-13)11-4-2-10(9-15)3-5-11/h2-6,10,13-15,19-21,32,36H,7-9,11-12H2,1H3,(H,33,34,35);4,6-9,22H,1-3,5,18H2,(H,19,20,21);2-9H,1H3/t19-,20+,21-;7-,8+,9-;/m11./s1. The molecule has 0 spiro atoms. The van der Waals surface area contributed by atoms with E-state index >= 15 is 0 Å². The number of aliphatic hydroxyl groups excluding tert-OH is 2. The number of ether oxygens (including phenoxy) is 2. The van der Waals surface area contributed by atoms with E-state index in [9.17, 15) is 41.4 Å². The first-order valence-electron chi connectivity index (χ1n) is 24.5. The van der Waals surface area contributed by atoms with Gasteiger partial charge < -0.3 is 41.4 Å². The number of nitrogens with two attached hydrogens (primary N) is 1. The van der Waals surface area contributed by atoms with Crippen LogP contribution in [0.15, 0.2) is 110 Å². The number of hydrogen-bond donors (Lipinski definition) is 6. The number of carbonyl (C=O) groups excluding carboxylic acids is 1. The third kappa shape index (κ3) is 16.3. The summed E-state index contributed by atoms with van der Waals surface area (Å²) in [5, 5.41) is 31.6. The molecule has 2 fully saturated rings. The maximum Gasteiger partial charge on any atom is 0.393 e. The van der Waals surface area contributed by atoms with Gasteiger partial charge >= 0.3 is 12.4 Å². The normalized spacial score (nSPS) is 19.6. The molecule has 7 N–H and O–H groups in total. The highest BCUT2D eigenvalue weighted by atomic mass is 32.1. The van der Waals surface area contributed by atoms with Crippen LogP contribution < -0.4 is 31.2 Å².